The molecule has 1 aliphatic heterocycles. The highest BCUT2D eigenvalue weighted by Crippen LogP contribution is 2.29. The molecule has 5 heteroatoms. The Morgan fingerprint density at radius 1 is 1.33 bits per heavy atom. The van der Waals surface area contributed by atoms with Gasteiger partial charge in [0.05, 0.1) is 0 Å². The lowest BCUT2D eigenvalue weighted by Gasteiger charge is -2.35. The summed E-state index contributed by atoms with van der Waals surface area (Å²) in [7, 11) is 0. The number of hydrogen-bond donors (Lipinski definition) is 0. The number of likely N-dealkylation sites (tertiary alicyclic amines) is 1. The molecule has 18 heavy (non-hydrogen) atoms. The van der Waals surface area contributed by atoms with Gasteiger partial charge in [-0.15, -0.1) is 11.6 Å². The van der Waals surface area contributed by atoms with Gasteiger partial charge in [-0.3, -0.25) is 9.59 Å². The van der Waals surface area contributed by atoms with Gasteiger partial charge in [0.2, 0.25) is 11.8 Å². The van der Waals surface area contributed by atoms with E-state index in [1.54, 1.807) is 6.92 Å². The molecule has 1 atom stereocenters. The summed E-state index contributed by atoms with van der Waals surface area (Å²) in [5.41, 5.74) is 0. The fourth-order valence-electron chi connectivity index (χ4n) is 2.72. The summed E-state index contributed by atoms with van der Waals surface area (Å²) in [6.07, 6.45) is 4.39. The molecule has 0 spiro atoms. The third-order valence-electron chi connectivity index (χ3n) is 3.83. The molecule has 0 N–H and O–H groups in total. The van der Waals surface area contributed by atoms with Crippen molar-refractivity contribution in [3.05, 3.63) is 0 Å². The lowest BCUT2D eigenvalue weighted by atomic mass is 9.97. The van der Waals surface area contributed by atoms with Gasteiger partial charge in [-0.2, -0.15) is 0 Å². The number of piperidine rings is 1. The van der Waals surface area contributed by atoms with Crippen molar-refractivity contribution in [1.82, 2.24) is 9.80 Å². The number of hydrogen-bond acceptors (Lipinski definition) is 2. The standard InChI is InChI=1S/C13H21ClN2O2/c1-10(17)16(12-4-5-12)9-11-3-2-6-15(8-11)13(18)7-14/h11-12H,2-9H2,1H3. The van der Waals surface area contributed by atoms with E-state index < -0.39 is 0 Å². The Labute approximate surface area is 113 Å². The topological polar surface area (TPSA) is 40.6 Å². The predicted octanol–water partition coefficient (Wildman–Crippen LogP) is 1.47. The van der Waals surface area contributed by atoms with Crippen LogP contribution in [0.3, 0.4) is 0 Å². The minimum atomic E-state index is 0.0159. The highest BCUT2D eigenvalue weighted by molar-refractivity contribution is 6.27. The Morgan fingerprint density at radius 2 is 2.06 bits per heavy atom. The van der Waals surface area contributed by atoms with E-state index in [0.717, 1.165) is 45.3 Å². The fraction of sp³-hybridized carbons (Fsp3) is 0.846. The van der Waals surface area contributed by atoms with E-state index in [2.05, 4.69) is 0 Å². The van der Waals surface area contributed by atoms with Crippen LogP contribution in [0, 0.1) is 5.92 Å². The summed E-state index contributed by atoms with van der Waals surface area (Å²) >= 11 is 5.59. The van der Waals surface area contributed by atoms with Crippen LogP contribution in [-0.2, 0) is 9.59 Å². The van der Waals surface area contributed by atoms with Gasteiger partial charge in [-0.05, 0) is 31.6 Å². The second-order valence-electron chi connectivity index (χ2n) is 5.38. The van der Waals surface area contributed by atoms with Crippen molar-refractivity contribution in [3.63, 3.8) is 0 Å². The van der Waals surface area contributed by atoms with Gasteiger partial charge in [0, 0.05) is 32.6 Å². The molecule has 102 valence electrons. The Morgan fingerprint density at radius 3 is 2.61 bits per heavy atom. The van der Waals surface area contributed by atoms with E-state index in [4.69, 9.17) is 11.6 Å². The Kier molecular flexibility index (Phi) is 4.49. The zero-order valence-corrected chi connectivity index (χ0v) is 11.7. The minimum absolute atomic E-state index is 0.0159. The monoisotopic (exact) mass is 272 g/mol. The molecule has 1 heterocycles. The van der Waals surface area contributed by atoms with E-state index in [0.29, 0.717) is 12.0 Å². The Bertz CT molecular complexity index is 331. The van der Waals surface area contributed by atoms with Gasteiger partial charge in [0.1, 0.15) is 5.88 Å². The summed E-state index contributed by atoms with van der Waals surface area (Å²) in [5, 5.41) is 0. The minimum Gasteiger partial charge on any atom is -0.341 e. The Hall–Kier alpha value is -0.770. The lowest BCUT2D eigenvalue weighted by molar-refractivity contribution is -0.132. The molecule has 0 aromatic rings. The highest BCUT2D eigenvalue weighted by atomic mass is 35.5. The highest BCUT2D eigenvalue weighted by Gasteiger charge is 2.33. The average molecular weight is 273 g/mol. The smallest absolute Gasteiger partial charge is 0.237 e. The van der Waals surface area contributed by atoms with E-state index >= 15 is 0 Å². The maximum absolute atomic E-state index is 11.6. The maximum atomic E-state index is 11.6. The molecule has 0 radical (unpaired) electrons. The van der Waals surface area contributed by atoms with Gasteiger partial charge in [-0.25, -0.2) is 0 Å². The van der Waals surface area contributed by atoms with E-state index in [1.807, 2.05) is 9.80 Å². The number of rotatable bonds is 4. The molecule has 1 saturated carbocycles. The first-order chi connectivity index (χ1) is 8.61. The summed E-state index contributed by atoms with van der Waals surface area (Å²) in [4.78, 5) is 27.0. The lowest BCUT2D eigenvalue weighted by Crippen LogP contribution is -2.45. The van der Waals surface area contributed by atoms with Crippen molar-refractivity contribution in [1.29, 1.82) is 0 Å². The van der Waals surface area contributed by atoms with Gasteiger partial charge >= 0.3 is 0 Å². The normalized spacial score (nSPS) is 23.9. The number of nitrogens with zero attached hydrogens (tertiary/aromatic N) is 2. The van der Waals surface area contributed by atoms with Crippen LogP contribution in [0.25, 0.3) is 0 Å². The van der Waals surface area contributed by atoms with Gasteiger partial charge < -0.3 is 9.80 Å². The van der Waals surface area contributed by atoms with Crippen molar-refractivity contribution < 1.29 is 9.59 Å². The van der Waals surface area contributed by atoms with Crippen molar-refractivity contribution in [2.45, 2.75) is 38.6 Å². The van der Waals surface area contributed by atoms with Crippen molar-refractivity contribution in [2.24, 2.45) is 5.92 Å². The number of carbonyl (C=O) groups excluding carboxylic acids is 2. The molecule has 2 aliphatic rings. The van der Waals surface area contributed by atoms with E-state index in [1.165, 1.54) is 0 Å². The number of alkyl halides is 1. The van der Waals surface area contributed by atoms with Crippen LogP contribution >= 0.6 is 11.6 Å². The predicted molar refractivity (Wildman–Crippen MR) is 70.4 cm³/mol. The zero-order chi connectivity index (χ0) is 13.1. The fourth-order valence-corrected chi connectivity index (χ4v) is 2.89. The second kappa shape index (κ2) is 5.91. The quantitative estimate of drug-likeness (QED) is 0.728. The van der Waals surface area contributed by atoms with Crippen LogP contribution in [0.1, 0.15) is 32.6 Å². The van der Waals surface area contributed by atoms with Crippen molar-refractivity contribution in [2.75, 3.05) is 25.5 Å². The summed E-state index contributed by atoms with van der Waals surface area (Å²) in [5.74, 6) is 0.655. The van der Waals surface area contributed by atoms with E-state index in [-0.39, 0.29) is 17.7 Å². The summed E-state index contributed by atoms with van der Waals surface area (Å²) in [6, 6.07) is 0.460. The van der Waals surface area contributed by atoms with Crippen LogP contribution in [0.5, 0.6) is 0 Å². The first-order valence-corrected chi connectivity index (χ1v) is 7.26. The van der Waals surface area contributed by atoms with Crippen molar-refractivity contribution >= 4 is 23.4 Å². The Balaban J connectivity index is 1.88. The van der Waals surface area contributed by atoms with Gasteiger partial charge in [0.15, 0.2) is 0 Å². The molecule has 0 aromatic carbocycles. The molecule has 0 bridgehead atoms. The summed E-state index contributed by atoms with van der Waals surface area (Å²) in [6.45, 7) is 4.00. The SMILES string of the molecule is CC(=O)N(CC1CCCN(C(=O)CCl)C1)C1CC1. The first kappa shape index (κ1) is 13.7. The van der Waals surface area contributed by atoms with Crippen LogP contribution in [0.15, 0.2) is 0 Å². The number of halogens is 1. The molecule has 2 amide bonds. The van der Waals surface area contributed by atoms with Crippen LogP contribution in [0.4, 0.5) is 0 Å². The zero-order valence-electron chi connectivity index (χ0n) is 10.9. The molecular formula is C13H21ClN2O2. The third-order valence-corrected chi connectivity index (χ3v) is 4.06. The van der Waals surface area contributed by atoms with Crippen LogP contribution in [-0.4, -0.2) is 53.2 Å². The molecule has 2 rings (SSSR count). The largest absolute Gasteiger partial charge is 0.341 e. The molecular weight excluding hydrogens is 252 g/mol. The molecule has 4 nitrogen and oxygen atoms in total. The summed E-state index contributed by atoms with van der Waals surface area (Å²) < 4.78 is 0. The molecule has 0 aromatic heterocycles. The second-order valence-corrected chi connectivity index (χ2v) is 5.65. The number of amides is 2. The van der Waals surface area contributed by atoms with Gasteiger partial charge in [-0.1, -0.05) is 0 Å². The van der Waals surface area contributed by atoms with E-state index in [9.17, 15) is 9.59 Å². The first-order valence-electron chi connectivity index (χ1n) is 6.72. The average Bonchev–Trinajstić information content (AvgIpc) is 3.19. The molecule has 1 saturated heterocycles. The number of carbonyl (C=O) groups is 2. The van der Waals surface area contributed by atoms with Crippen LogP contribution in [0.2, 0.25) is 0 Å². The van der Waals surface area contributed by atoms with Gasteiger partial charge in [0.25, 0.3) is 0 Å². The third kappa shape index (κ3) is 3.37. The maximum Gasteiger partial charge on any atom is 0.237 e. The van der Waals surface area contributed by atoms with Crippen molar-refractivity contribution in [3.8, 4) is 0 Å². The molecule has 1 unspecified atom stereocenters. The molecule has 1 aliphatic carbocycles. The molecule has 2 fully saturated rings. The van der Waals surface area contributed by atoms with Crippen LogP contribution < -0.4 is 0 Å².